The van der Waals surface area contributed by atoms with Crippen molar-refractivity contribution < 1.29 is 9.59 Å². The van der Waals surface area contributed by atoms with Gasteiger partial charge >= 0.3 is 0 Å². The van der Waals surface area contributed by atoms with E-state index in [4.69, 9.17) is 15.0 Å². The van der Waals surface area contributed by atoms with Gasteiger partial charge in [0.05, 0.1) is 23.2 Å². The van der Waals surface area contributed by atoms with E-state index in [1.165, 1.54) is 17.7 Å². The summed E-state index contributed by atoms with van der Waals surface area (Å²) < 4.78 is 0. The number of carbonyl (C=O) groups excluding carboxylic acids is 2. The van der Waals surface area contributed by atoms with Gasteiger partial charge in [0.15, 0.2) is 0 Å². The molecule has 1 aliphatic carbocycles. The van der Waals surface area contributed by atoms with Crippen LogP contribution < -0.4 is 20.1 Å². The summed E-state index contributed by atoms with van der Waals surface area (Å²) >= 11 is 0. The summed E-state index contributed by atoms with van der Waals surface area (Å²) in [6, 6.07) is 7.49. The van der Waals surface area contributed by atoms with E-state index in [0.717, 1.165) is 88.8 Å². The largest absolute Gasteiger partial charge is 0.341 e. The van der Waals surface area contributed by atoms with Gasteiger partial charge in [-0.1, -0.05) is 25.0 Å². The first-order valence-corrected chi connectivity index (χ1v) is 14.6. The van der Waals surface area contributed by atoms with Crippen LogP contribution in [0.3, 0.4) is 0 Å². The van der Waals surface area contributed by atoms with Gasteiger partial charge in [-0.25, -0.2) is 5.43 Å². The number of aromatic nitrogens is 3. The van der Waals surface area contributed by atoms with Crippen molar-refractivity contribution in [2.24, 2.45) is 16.9 Å². The maximum absolute atomic E-state index is 13.0. The van der Waals surface area contributed by atoms with Crippen LogP contribution >= 0.6 is 0 Å². The summed E-state index contributed by atoms with van der Waals surface area (Å²) in [5.74, 6) is 1.47. The fraction of sp³-hybridized carbons (Fsp3) is 0.586. The van der Waals surface area contributed by atoms with Crippen LogP contribution in [0, 0.1) is 11.8 Å². The van der Waals surface area contributed by atoms with Crippen LogP contribution in [0.25, 0.3) is 0 Å². The second kappa shape index (κ2) is 11.3. The summed E-state index contributed by atoms with van der Waals surface area (Å²) in [6.45, 7) is 5.76. The van der Waals surface area contributed by atoms with E-state index in [-0.39, 0.29) is 23.7 Å². The highest BCUT2D eigenvalue weighted by Gasteiger charge is 2.48. The van der Waals surface area contributed by atoms with Crippen molar-refractivity contribution in [1.82, 2.24) is 15.0 Å². The fourth-order valence-electron chi connectivity index (χ4n) is 6.34. The number of piperidine rings is 2. The number of hydrogen-bond donors (Lipinski definition) is 1. The maximum atomic E-state index is 13.0. The van der Waals surface area contributed by atoms with Crippen molar-refractivity contribution in [3.63, 3.8) is 0 Å². The molecule has 0 bridgehead atoms. The quantitative estimate of drug-likeness (QED) is 0.333. The number of carbonyl (C=O) groups is 2. The maximum Gasteiger partial charge on any atom is 0.250 e. The average Bonchev–Trinajstić information content (AvgIpc) is 3.26. The molecule has 2 atom stereocenters. The minimum Gasteiger partial charge on any atom is -0.341 e. The van der Waals surface area contributed by atoms with Crippen LogP contribution in [0.4, 0.5) is 23.5 Å². The third-order valence-electron chi connectivity index (χ3n) is 8.60. The molecule has 3 saturated heterocycles. The predicted octanol–water partition coefficient (Wildman–Crippen LogP) is 4.37. The number of fused-ring (bicyclic) bond motifs is 1. The Labute approximate surface area is 229 Å². The molecule has 6 rings (SSSR count). The molecule has 2 aromatic rings. The molecule has 4 fully saturated rings. The molecule has 1 saturated carbocycles. The number of hydrogen-bond acceptors (Lipinski definition) is 9. The SMILES string of the molecule is C/C(=N/Nc1nc(N2CCCCC2)nc(N2CCCCC2)n1)c1ccc(N2C(=O)[C@H]3CCCC[C@@H]3C2=O)cc1. The Morgan fingerprint density at radius 3 is 1.77 bits per heavy atom. The molecule has 4 aliphatic rings. The molecular formula is C29H38N8O2. The van der Waals surface area contributed by atoms with Crippen LogP contribution in [0.1, 0.15) is 76.7 Å². The second-order valence-electron chi connectivity index (χ2n) is 11.2. The lowest BCUT2D eigenvalue weighted by Crippen LogP contribution is -2.34. The van der Waals surface area contributed by atoms with Crippen molar-refractivity contribution in [2.75, 3.05) is 46.3 Å². The number of nitrogens with zero attached hydrogens (tertiary/aromatic N) is 7. The molecule has 0 radical (unpaired) electrons. The van der Waals surface area contributed by atoms with Gasteiger partial charge in [0, 0.05) is 26.2 Å². The Kier molecular flexibility index (Phi) is 7.43. The lowest BCUT2D eigenvalue weighted by Gasteiger charge is -2.30. The zero-order valence-electron chi connectivity index (χ0n) is 22.8. The zero-order chi connectivity index (χ0) is 26.8. The number of benzene rings is 1. The van der Waals surface area contributed by atoms with Crippen molar-refractivity contribution >= 4 is 41.1 Å². The number of rotatable bonds is 6. The first kappa shape index (κ1) is 25.7. The van der Waals surface area contributed by atoms with E-state index >= 15 is 0 Å². The van der Waals surface area contributed by atoms with Gasteiger partial charge in [0.25, 0.3) is 0 Å². The van der Waals surface area contributed by atoms with Gasteiger partial charge in [-0.3, -0.25) is 14.5 Å². The highest BCUT2D eigenvalue weighted by atomic mass is 16.2. The molecule has 39 heavy (non-hydrogen) atoms. The highest BCUT2D eigenvalue weighted by molar-refractivity contribution is 6.22. The monoisotopic (exact) mass is 530 g/mol. The van der Waals surface area contributed by atoms with Gasteiger partial charge in [0.2, 0.25) is 29.7 Å². The molecule has 4 heterocycles. The van der Waals surface area contributed by atoms with Crippen molar-refractivity contribution in [3.8, 4) is 0 Å². The Bertz CT molecular complexity index is 1170. The van der Waals surface area contributed by atoms with Crippen LogP contribution in [0.2, 0.25) is 0 Å². The van der Waals surface area contributed by atoms with E-state index in [1.54, 1.807) is 0 Å². The third kappa shape index (κ3) is 5.33. The second-order valence-corrected chi connectivity index (χ2v) is 11.2. The minimum atomic E-state index is -0.150. The first-order chi connectivity index (χ1) is 19.1. The summed E-state index contributed by atoms with van der Waals surface area (Å²) in [6.07, 6.45) is 10.8. The summed E-state index contributed by atoms with van der Waals surface area (Å²) in [4.78, 5) is 46.1. The van der Waals surface area contributed by atoms with Crippen LogP contribution in [0.5, 0.6) is 0 Å². The molecule has 3 aliphatic heterocycles. The molecule has 1 N–H and O–H groups in total. The average molecular weight is 531 g/mol. The zero-order valence-corrected chi connectivity index (χ0v) is 22.8. The number of imide groups is 1. The molecule has 206 valence electrons. The van der Waals surface area contributed by atoms with E-state index in [9.17, 15) is 9.59 Å². The van der Waals surface area contributed by atoms with Crippen LogP contribution in [0.15, 0.2) is 29.4 Å². The van der Waals surface area contributed by atoms with E-state index in [1.807, 2.05) is 31.2 Å². The van der Waals surface area contributed by atoms with Gasteiger partial charge in [-0.2, -0.15) is 20.1 Å². The van der Waals surface area contributed by atoms with E-state index < -0.39 is 0 Å². The van der Waals surface area contributed by atoms with Crippen LogP contribution in [-0.4, -0.2) is 58.7 Å². The lowest BCUT2D eigenvalue weighted by atomic mass is 9.81. The van der Waals surface area contributed by atoms with Crippen molar-refractivity contribution in [1.29, 1.82) is 0 Å². The van der Waals surface area contributed by atoms with Gasteiger partial charge in [-0.05, 0) is 76.0 Å². The van der Waals surface area contributed by atoms with Gasteiger partial charge in [-0.15, -0.1) is 0 Å². The number of anilines is 4. The molecule has 10 nitrogen and oxygen atoms in total. The lowest BCUT2D eigenvalue weighted by molar-refractivity contribution is -0.122. The van der Waals surface area contributed by atoms with Gasteiger partial charge in [0.1, 0.15) is 0 Å². The normalized spacial score (nSPS) is 24.2. The van der Waals surface area contributed by atoms with Gasteiger partial charge < -0.3 is 9.80 Å². The smallest absolute Gasteiger partial charge is 0.250 e. The highest BCUT2D eigenvalue weighted by Crippen LogP contribution is 2.40. The van der Waals surface area contributed by atoms with Crippen LogP contribution in [-0.2, 0) is 9.59 Å². The third-order valence-corrected chi connectivity index (χ3v) is 8.60. The standard InChI is InChI=1S/C29H38N8O2/c1-20(21-12-14-22(15-13-21)37-25(38)23-10-4-5-11-24(23)26(37)39)33-34-27-30-28(35-16-6-2-7-17-35)32-29(31-27)36-18-8-3-9-19-36/h12-15,23-24H,2-11,16-19H2,1H3,(H,30,31,32,34)/b33-20-/t23-,24-/m0/s1. The Hall–Kier alpha value is -3.56. The molecule has 2 amide bonds. The first-order valence-electron chi connectivity index (χ1n) is 14.6. The molecule has 10 heteroatoms. The molecular weight excluding hydrogens is 492 g/mol. The molecule has 1 aromatic heterocycles. The summed E-state index contributed by atoms with van der Waals surface area (Å²) in [5, 5.41) is 4.58. The fourth-order valence-corrected chi connectivity index (χ4v) is 6.34. The predicted molar refractivity (Wildman–Crippen MR) is 152 cm³/mol. The Morgan fingerprint density at radius 2 is 1.26 bits per heavy atom. The summed E-state index contributed by atoms with van der Waals surface area (Å²) in [5.41, 5.74) is 5.36. The summed E-state index contributed by atoms with van der Waals surface area (Å²) in [7, 11) is 0. The van der Waals surface area contributed by atoms with E-state index in [2.05, 4.69) is 20.3 Å². The number of hydrazone groups is 1. The number of nitrogens with one attached hydrogen (secondary N) is 1. The van der Waals surface area contributed by atoms with E-state index in [0.29, 0.717) is 23.5 Å². The van der Waals surface area contributed by atoms with Crippen molar-refractivity contribution in [2.45, 2.75) is 71.1 Å². The molecule has 0 unspecified atom stereocenters. The number of amides is 2. The van der Waals surface area contributed by atoms with Crippen molar-refractivity contribution in [3.05, 3.63) is 29.8 Å². The topological polar surface area (TPSA) is 107 Å². The Morgan fingerprint density at radius 1 is 0.744 bits per heavy atom. The molecule has 0 spiro atoms. The molecule has 1 aromatic carbocycles. The minimum absolute atomic E-state index is 0.0478. The Balaban J connectivity index is 1.19.